The van der Waals surface area contributed by atoms with E-state index in [9.17, 15) is 4.79 Å². The summed E-state index contributed by atoms with van der Waals surface area (Å²) in [7, 11) is 2.17. The molecule has 3 rings (SSSR count). The van der Waals surface area contributed by atoms with Gasteiger partial charge in [-0.2, -0.15) is 0 Å². The lowest BCUT2D eigenvalue weighted by molar-refractivity contribution is -0.121. The lowest BCUT2D eigenvalue weighted by Crippen LogP contribution is -2.45. The number of amides is 1. The van der Waals surface area contributed by atoms with E-state index in [2.05, 4.69) is 38.1 Å². The summed E-state index contributed by atoms with van der Waals surface area (Å²) in [5.74, 6) is 1.13. The first-order chi connectivity index (χ1) is 13.2. The van der Waals surface area contributed by atoms with Gasteiger partial charge in [-0.15, -0.1) is 0 Å². The van der Waals surface area contributed by atoms with Crippen molar-refractivity contribution in [1.29, 1.82) is 0 Å². The molecule has 0 spiro atoms. The molecule has 7 heteroatoms. The smallest absolute Gasteiger partial charge is 0.220 e. The van der Waals surface area contributed by atoms with Crippen LogP contribution in [0.15, 0.2) is 18.3 Å². The Kier molecular flexibility index (Phi) is 7.86. The molecule has 0 radical (unpaired) electrons. The third-order valence-corrected chi connectivity index (χ3v) is 5.35. The third kappa shape index (κ3) is 6.75. The van der Waals surface area contributed by atoms with Gasteiger partial charge in [-0.25, -0.2) is 4.98 Å². The summed E-state index contributed by atoms with van der Waals surface area (Å²) in [6.45, 7) is 9.66. The Morgan fingerprint density at radius 1 is 1.19 bits per heavy atom. The van der Waals surface area contributed by atoms with Crippen LogP contribution >= 0.6 is 0 Å². The minimum absolute atomic E-state index is 0.137. The van der Waals surface area contributed by atoms with Gasteiger partial charge in [0, 0.05) is 58.4 Å². The van der Waals surface area contributed by atoms with Crippen LogP contribution in [0.2, 0.25) is 0 Å². The van der Waals surface area contributed by atoms with Crippen LogP contribution in [0.3, 0.4) is 0 Å². The van der Waals surface area contributed by atoms with E-state index in [1.807, 2.05) is 12.3 Å². The zero-order valence-electron chi connectivity index (χ0n) is 16.5. The first-order valence-corrected chi connectivity index (χ1v) is 10.2. The van der Waals surface area contributed by atoms with Gasteiger partial charge < -0.3 is 24.8 Å². The van der Waals surface area contributed by atoms with Crippen molar-refractivity contribution in [3.8, 4) is 0 Å². The van der Waals surface area contributed by atoms with Crippen molar-refractivity contribution in [2.75, 3.05) is 77.5 Å². The van der Waals surface area contributed by atoms with Crippen molar-refractivity contribution in [2.24, 2.45) is 0 Å². The number of anilines is 1. The summed E-state index contributed by atoms with van der Waals surface area (Å²) < 4.78 is 5.39. The maximum Gasteiger partial charge on any atom is 0.220 e. The van der Waals surface area contributed by atoms with Crippen LogP contribution in [0.1, 0.15) is 18.4 Å². The largest absolute Gasteiger partial charge is 0.378 e. The summed E-state index contributed by atoms with van der Waals surface area (Å²) in [5, 5.41) is 3.06. The fraction of sp³-hybridized carbons (Fsp3) is 0.700. The number of nitrogens with one attached hydrogen (secondary N) is 1. The molecular formula is C20H33N5O2. The SMILES string of the molecule is CN1CCN(CCCNC(=O)CCc2ccnc(N3CCOCC3)c2)CC1. The van der Waals surface area contributed by atoms with E-state index in [-0.39, 0.29) is 5.91 Å². The van der Waals surface area contributed by atoms with E-state index in [1.54, 1.807) is 0 Å². The third-order valence-electron chi connectivity index (χ3n) is 5.35. The van der Waals surface area contributed by atoms with Crippen molar-refractivity contribution < 1.29 is 9.53 Å². The molecule has 1 N–H and O–H groups in total. The van der Waals surface area contributed by atoms with E-state index in [0.29, 0.717) is 6.42 Å². The quantitative estimate of drug-likeness (QED) is 0.672. The molecule has 2 fully saturated rings. The number of nitrogens with zero attached hydrogens (tertiary/aromatic N) is 4. The van der Waals surface area contributed by atoms with Crippen LogP contribution in [0, 0.1) is 0 Å². The normalized spacial score (nSPS) is 19.2. The fourth-order valence-electron chi connectivity index (χ4n) is 3.53. The Hall–Kier alpha value is -1.70. The summed E-state index contributed by atoms with van der Waals surface area (Å²) >= 11 is 0. The van der Waals surface area contributed by atoms with E-state index in [4.69, 9.17) is 4.74 Å². The number of likely N-dealkylation sites (N-methyl/N-ethyl adjacent to an activating group) is 1. The number of aryl methyl sites for hydroxylation is 1. The van der Waals surface area contributed by atoms with Crippen LogP contribution < -0.4 is 10.2 Å². The van der Waals surface area contributed by atoms with Gasteiger partial charge >= 0.3 is 0 Å². The lowest BCUT2D eigenvalue weighted by Gasteiger charge is -2.32. The summed E-state index contributed by atoms with van der Waals surface area (Å²) in [6, 6.07) is 4.11. The van der Waals surface area contributed by atoms with E-state index in [1.165, 1.54) is 5.56 Å². The van der Waals surface area contributed by atoms with Gasteiger partial charge in [0.1, 0.15) is 5.82 Å². The maximum atomic E-state index is 12.1. The fourth-order valence-corrected chi connectivity index (χ4v) is 3.53. The van der Waals surface area contributed by atoms with Gasteiger partial charge in [0.15, 0.2) is 0 Å². The van der Waals surface area contributed by atoms with E-state index in [0.717, 1.165) is 84.2 Å². The van der Waals surface area contributed by atoms with Gasteiger partial charge in [0.2, 0.25) is 5.91 Å². The van der Waals surface area contributed by atoms with E-state index < -0.39 is 0 Å². The average molecular weight is 376 g/mol. The van der Waals surface area contributed by atoms with Crippen molar-refractivity contribution in [1.82, 2.24) is 20.1 Å². The number of carbonyl (C=O) groups is 1. The van der Waals surface area contributed by atoms with Crippen LogP contribution in [-0.2, 0) is 16.0 Å². The topological polar surface area (TPSA) is 60.9 Å². The molecule has 27 heavy (non-hydrogen) atoms. The van der Waals surface area contributed by atoms with Crippen molar-refractivity contribution >= 4 is 11.7 Å². The lowest BCUT2D eigenvalue weighted by atomic mass is 10.1. The Morgan fingerprint density at radius 2 is 1.96 bits per heavy atom. The number of piperazine rings is 1. The Bertz CT molecular complexity index is 583. The molecule has 2 aliphatic rings. The van der Waals surface area contributed by atoms with Gasteiger partial charge in [-0.3, -0.25) is 4.79 Å². The molecule has 2 aliphatic heterocycles. The molecule has 2 saturated heterocycles. The zero-order chi connectivity index (χ0) is 18.9. The Balaban J connectivity index is 1.32. The molecule has 0 bridgehead atoms. The van der Waals surface area contributed by atoms with Crippen LogP contribution in [-0.4, -0.2) is 93.3 Å². The molecule has 1 aromatic rings. The Morgan fingerprint density at radius 3 is 2.74 bits per heavy atom. The highest BCUT2D eigenvalue weighted by Crippen LogP contribution is 2.15. The summed E-state index contributed by atoms with van der Waals surface area (Å²) in [6.07, 6.45) is 4.14. The summed E-state index contributed by atoms with van der Waals surface area (Å²) in [4.78, 5) is 23.7. The second-order valence-electron chi connectivity index (χ2n) is 7.47. The predicted octanol–water partition coefficient (Wildman–Crippen LogP) is 0.605. The molecule has 1 aromatic heterocycles. The number of hydrogen-bond acceptors (Lipinski definition) is 6. The molecular weight excluding hydrogens is 342 g/mol. The minimum Gasteiger partial charge on any atom is -0.378 e. The first kappa shape index (κ1) is 20.0. The highest BCUT2D eigenvalue weighted by Gasteiger charge is 2.14. The minimum atomic E-state index is 0.137. The molecule has 150 valence electrons. The molecule has 0 saturated carbocycles. The first-order valence-electron chi connectivity index (χ1n) is 10.2. The van der Waals surface area contributed by atoms with Crippen molar-refractivity contribution in [3.05, 3.63) is 23.9 Å². The number of pyridine rings is 1. The van der Waals surface area contributed by atoms with Crippen molar-refractivity contribution in [2.45, 2.75) is 19.3 Å². The van der Waals surface area contributed by atoms with Gasteiger partial charge in [-0.05, 0) is 44.1 Å². The van der Waals surface area contributed by atoms with E-state index >= 15 is 0 Å². The second kappa shape index (κ2) is 10.6. The second-order valence-corrected chi connectivity index (χ2v) is 7.47. The molecule has 3 heterocycles. The van der Waals surface area contributed by atoms with Crippen LogP contribution in [0.5, 0.6) is 0 Å². The van der Waals surface area contributed by atoms with Gasteiger partial charge in [0.05, 0.1) is 13.2 Å². The molecule has 0 unspecified atom stereocenters. The molecule has 0 aromatic carbocycles. The number of aromatic nitrogens is 1. The highest BCUT2D eigenvalue weighted by atomic mass is 16.5. The molecule has 0 atom stereocenters. The summed E-state index contributed by atoms with van der Waals surface area (Å²) in [5.41, 5.74) is 1.17. The average Bonchev–Trinajstić information content (AvgIpc) is 2.72. The number of rotatable bonds is 8. The van der Waals surface area contributed by atoms with Gasteiger partial charge in [-0.1, -0.05) is 0 Å². The maximum absolute atomic E-state index is 12.1. The highest BCUT2D eigenvalue weighted by molar-refractivity contribution is 5.76. The number of ether oxygens (including phenoxy) is 1. The Labute approximate surface area is 162 Å². The molecule has 0 aliphatic carbocycles. The van der Waals surface area contributed by atoms with Crippen LogP contribution in [0.4, 0.5) is 5.82 Å². The molecule has 1 amide bonds. The number of hydrogen-bond donors (Lipinski definition) is 1. The van der Waals surface area contributed by atoms with Gasteiger partial charge in [0.25, 0.3) is 0 Å². The number of morpholine rings is 1. The zero-order valence-corrected chi connectivity index (χ0v) is 16.5. The van der Waals surface area contributed by atoms with Crippen molar-refractivity contribution in [3.63, 3.8) is 0 Å². The standard InChI is InChI=1S/C20H33N5O2/c1-23-9-11-24(12-10-23)8-2-6-22-20(26)4-3-18-5-7-21-19(17-18)25-13-15-27-16-14-25/h5,7,17H,2-4,6,8-16H2,1H3,(H,22,26). The number of carbonyl (C=O) groups excluding carboxylic acids is 1. The predicted molar refractivity (Wildman–Crippen MR) is 107 cm³/mol. The van der Waals surface area contributed by atoms with Crippen LogP contribution in [0.25, 0.3) is 0 Å². The molecule has 7 nitrogen and oxygen atoms in total. The monoisotopic (exact) mass is 375 g/mol.